The molecule has 0 heterocycles. The van der Waals surface area contributed by atoms with Gasteiger partial charge in [-0.2, -0.15) is 0 Å². The molecule has 0 aliphatic rings. The van der Waals surface area contributed by atoms with Crippen LogP contribution in [0.4, 0.5) is 0 Å². The highest BCUT2D eigenvalue weighted by Gasteiger charge is 2.35. The van der Waals surface area contributed by atoms with Gasteiger partial charge in [0.15, 0.2) is 14.1 Å². The van der Waals surface area contributed by atoms with Gasteiger partial charge in [-0.1, -0.05) is 13.5 Å². The fourth-order valence-corrected chi connectivity index (χ4v) is 9.10. The van der Waals surface area contributed by atoms with Crippen LogP contribution in [-0.2, 0) is 13.3 Å². The van der Waals surface area contributed by atoms with E-state index in [1.54, 1.807) is 0 Å². The van der Waals surface area contributed by atoms with Crippen LogP contribution >= 0.6 is 0 Å². The van der Waals surface area contributed by atoms with Crippen molar-refractivity contribution in [1.82, 2.24) is 0 Å². The van der Waals surface area contributed by atoms with Crippen LogP contribution in [0.1, 0.15) is 13.3 Å². The number of hydrogen-bond donors (Lipinski definition) is 0. The summed E-state index contributed by atoms with van der Waals surface area (Å²) in [7, 11) is -4.02. The first-order chi connectivity index (χ1) is 7.22. The average molecular weight is 260 g/mol. The molecule has 0 aromatic rings. The largest absolute Gasteiger partial charge is 0.436 e. The van der Waals surface area contributed by atoms with E-state index in [4.69, 9.17) is 8.54 Å². The van der Waals surface area contributed by atoms with Gasteiger partial charge in [0.1, 0.15) is 0 Å². The monoisotopic (exact) mass is 260 g/mol. The molecule has 0 aliphatic carbocycles. The summed E-state index contributed by atoms with van der Waals surface area (Å²) in [5.74, 6) is 0.0666. The van der Waals surface area contributed by atoms with Gasteiger partial charge in [0.05, 0.1) is 0 Å². The van der Waals surface area contributed by atoms with Gasteiger partial charge in [0.25, 0.3) is 0 Å². The Morgan fingerprint density at radius 2 is 1.88 bits per heavy atom. The molecule has 0 saturated carbocycles. The number of rotatable bonds is 8. The quantitative estimate of drug-likeness (QED) is 0.497. The van der Waals surface area contributed by atoms with Crippen molar-refractivity contribution in [2.24, 2.45) is 0 Å². The number of allylic oxidation sites excluding steroid dienone is 1. The third-order valence-corrected chi connectivity index (χ3v) is 8.28. The van der Waals surface area contributed by atoms with Crippen molar-refractivity contribution in [1.29, 1.82) is 0 Å². The van der Waals surface area contributed by atoms with Crippen molar-refractivity contribution < 1.29 is 13.3 Å². The second-order valence-corrected chi connectivity index (χ2v) is 12.7. The molecule has 16 heavy (non-hydrogen) atoms. The van der Waals surface area contributed by atoms with Crippen LogP contribution in [0.25, 0.3) is 0 Å². The van der Waals surface area contributed by atoms with Crippen LogP contribution in [0.5, 0.6) is 0 Å². The molecule has 0 fully saturated rings. The predicted molar refractivity (Wildman–Crippen MR) is 72.3 cm³/mol. The zero-order chi connectivity index (χ0) is 12.8. The molecule has 0 rings (SSSR count). The van der Waals surface area contributed by atoms with E-state index in [-0.39, 0.29) is 5.78 Å². The first-order valence-corrected chi connectivity index (χ1v) is 11.6. The van der Waals surface area contributed by atoms with Crippen LogP contribution < -0.4 is 0 Å². The van der Waals surface area contributed by atoms with Crippen LogP contribution in [0, 0.1) is 0 Å². The minimum Gasteiger partial charge on any atom is -0.436 e. The molecule has 3 nitrogen and oxygen atoms in total. The fourth-order valence-electron chi connectivity index (χ4n) is 1.57. The van der Waals surface area contributed by atoms with Crippen LogP contribution in [0.3, 0.4) is 0 Å². The molecule has 0 aliphatic heterocycles. The highest BCUT2D eigenvalue weighted by molar-refractivity contribution is 6.83. The summed E-state index contributed by atoms with van der Waals surface area (Å²) in [5.41, 5.74) is 0. The first-order valence-electron chi connectivity index (χ1n) is 5.72. The molecular formula is C11H24O3Si2. The highest BCUT2D eigenvalue weighted by atomic mass is 28.4. The van der Waals surface area contributed by atoms with E-state index in [9.17, 15) is 4.79 Å². The minimum absolute atomic E-state index is 0.0666. The van der Waals surface area contributed by atoms with Crippen molar-refractivity contribution in [3.8, 4) is 0 Å². The Bertz CT molecular complexity index is 250. The summed E-state index contributed by atoms with van der Waals surface area (Å²) in [5, 5.41) is 0. The van der Waals surface area contributed by atoms with E-state index in [1.807, 2.05) is 13.1 Å². The smallest absolute Gasteiger partial charge is 0.321 e. The maximum atomic E-state index is 11.3. The number of hydrogen-bond acceptors (Lipinski definition) is 3. The normalized spacial score (nSPS) is 12.6. The molecule has 0 spiro atoms. The van der Waals surface area contributed by atoms with Crippen LogP contribution in [-0.4, -0.2) is 29.3 Å². The third-order valence-electron chi connectivity index (χ3n) is 2.00. The lowest BCUT2D eigenvalue weighted by atomic mass is 10.4. The van der Waals surface area contributed by atoms with Crippen molar-refractivity contribution in [2.45, 2.75) is 45.6 Å². The number of ketones is 1. The summed E-state index contributed by atoms with van der Waals surface area (Å²) in [6.07, 6.45) is 2.37. The van der Waals surface area contributed by atoms with Gasteiger partial charge in [-0.25, -0.2) is 0 Å². The zero-order valence-electron chi connectivity index (χ0n) is 11.1. The molecule has 0 N–H and O–H groups in total. The van der Waals surface area contributed by atoms with E-state index in [2.05, 4.69) is 26.6 Å². The number of carbonyl (C=O) groups excluding carboxylic acids is 1. The molecule has 0 amide bonds. The zero-order valence-corrected chi connectivity index (χ0v) is 13.1. The summed E-state index contributed by atoms with van der Waals surface area (Å²) in [4.78, 5) is 11.3. The Kier molecular flexibility index (Phi) is 6.39. The van der Waals surface area contributed by atoms with Gasteiger partial charge in [-0.15, -0.1) is 0 Å². The molecule has 0 radical (unpaired) electrons. The van der Waals surface area contributed by atoms with E-state index in [0.717, 1.165) is 13.0 Å². The van der Waals surface area contributed by atoms with E-state index >= 15 is 0 Å². The van der Waals surface area contributed by atoms with Gasteiger partial charge in [-0.05, 0) is 38.7 Å². The summed E-state index contributed by atoms with van der Waals surface area (Å²) in [6, 6.07) is 0.489. The lowest BCUT2D eigenvalue weighted by Gasteiger charge is -2.32. The molecule has 0 aromatic carbocycles. The van der Waals surface area contributed by atoms with Gasteiger partial charge in [0.2, 0.25) is 0 Å². The molecule has 5 heteroatoms. The molecule has 0 bridgehead atoms. The molecule has 0 aromatic heterocycles. The second kappa shape index (κ2) is 6.49. The standard InChI is InChI=1S/C11H24O3Si2/c1-7-9-13-16(5,6)14-15(3,4)10-11(12)8-2/h8H,2,7,9-10H2,1,3-6H3. The Labute approximate surface area is 101 Å². The SMILES string of the molecule is C=CC(=O)C[Si](C)(C)O[Si](C)(C)OCCC. The van der Waals surface area contributed by atoms with E-state index in [1.165, 1.54) is 6.08 Å². The highest BCUT2D eigenvalue weighted by Crippen LogP contribution is 2.19. The minimum atomic E-state index is -2.06. The maximum absolute atomic E-state index is 11.3. The van der Waals surface area contributed by atoms with E-state index in [0.29, 0.717) is 6.04 Å². The van der Waals surface area contributed by atoms with Crippen molar-refractivity contribution in [3.05, 3.63) is 12.7 Å². The molecule has 0 atom stereocenters. The summed E-state index contributed by atoms with van der Waals surface area (Å²) < 4.78 is 11.8. The van der Waals surface area contributed by atoms with Crippen molar-refractivity contribution in [2.75, 3.05) is 6.61 Å². The van der Waals surface area contributed by atoms with Crippen molar-refractivity contribution in [3.63, 3.8) is 0 Å². The van der Waals surface area contributed by atoms with Gasteiger partial charge in [-0.3, -0.25) is 4.79 Å². The predicted octanol–water partition coefficient (Wildman–Crippen LogP) is 3.09. The molecule has 0 unspecified atom stereocenters. The number of carbonyl (C=O) groups is 1. The van der Waals surface area contributed by atoms with Gasteiger partial charge in [0, 0.05) is 12.7 Å². The lowest BCUT2D eigenvalue weighted by molar-refractivity contribution is -0.112. The summed E-state index contributed by atoms with van der Waals surface area (Å²) >= 11 is 0. The average Bonchev–Trinajstić information content (AvgIpc) is 2.12. The fraction of sp³-hybridized carbons (Fsp3) is 0.727. The Hall–Kier alpha value is -0.236. The Morgan fingerprint density at radius 3 is 2.31 bits per heavy atom. The van der Waals surface area contributed by atoms with Gasteiger partial charge < -0.3 is 8.54 Å². The molecule has 0 saturated heterocycles. The van der Waals surface area contributed by atoms with Gasteiger partial charge >= 0.3 is 8.56 Å². The second-order valence-electron chi connectivity index (χ2n) is 4.96. The van der Waals surface area contributed by atoms with Crippen LogP contribution in [0.2, 0.25) is 32.2 Å². The Balaban J connectivity index is 4.32. The van der Waals surface area contributed by atoms with Crippen molar-refractivity contribution >= 4 is 22.7 Å². The Morgan fingerprint density at radius 1 is 1.31 bits per heavy atom. The molecular weight excluding hydrogens is 236 g/mol. The van der Waals surface area contributed by atoms with Crippen LogP contribution in [0.15, 0.2) is 12.7 Å². The third kappa shape index (κ3) is 7.11. The topological polar surface area (TPSA) is 35.5 Å². The first kappa shape index (κ1) is 15.8. The lowest BCUT2D eigenvalue weighted by Crippen LogP contribution is -2.47. The van der Waals surface area contributed by atoms with E-state index < -0.39 is 16.9 Å². The maximum Gasteiger partial charge on any atom is 0.321 e. The summed E-state index contributed by atoms with van der Waals surface area (Å²) in [6.45, 7) is 14.5. The molecule has 94 valence electrons.